The van der Waals surface area contributed by atoms with Crippen molar-refractivity contribution in [2.24, 2.45) is 0 Å². The van der Waals surface area contributed by atoms with E-state index in [1.54, 1.807) is 0 Å². The average Bonchev–Trinajstić information content (AvgIpc) is 3.32. The summed E-state index contributed by atoms with van der Waals surface area (Å²) in [5, 5.41) is 4.49. The third-order valence-electron chi connectivity index (χ3n) is 4.57. The zero-order chi connectivity index (χ0) is 20.4. The van der Waals surface area contributed by atoms with Crippen LogP contribution in [0.5, 0.6) is 0 Å². The van der Waals surface area contributed by atoms with Gasteiger partial charge in [-0.1, -0.05) is 35.5 Å². The Bertz CT molecular complexity index is 1230. The molecule has 29 heavy (non-hydrogen) atoms. The molecule has 0 aliphatic carbocycles. The number of nitrogens with zero attached hydrogens (tertiary/aromatic N) is 4. The molecule has 4 aromatic rings. The van der Waals surface area contributed by atoms with E-state index < -0.39 is 5.97 Å². The Balaban J connectivity index is 1.36. The number of aryl methyl sites for hydroxylation is 3. The van der Waals surface area contributed by atoms with Crippen molar-refractivity contribution in [3.05, 3.63) is 63.3 Å². The van der Waals surface area contributed by atoms with Crippen LogP contribution in [0.25, 0.3) is 21.6 Å². The van der Waals surface area contributed by atoms with Crippen molar-refractivity contribution in [3.63, 3.8) is 0 Å². The molecule has 0 fully saturated rings. The Kier molecular flexibility index (Phi) is 5.22. The SMILES string of the molecule is Cc1sc2ncn(CCC(=O)OCc3nc(-c4ccccc4)no3)c(=O)c2c1C. The highest BCUT2D eigenvalue weighted by Gasteiger charge is 2.14. The van der Waals surface area contributed by atoms with Crippen molar-refractivity contribution >= 4 is 27.5 Å². The first-order chi connectivity index (χ1) is 14.0. The summed E-state index contributed by atoms with van der Waals surface area (Å²) in [5.41, 5.74) is 1.61. The Labute approximate surface area is 169 Å². The van der Waals surface area contributed by atoms with Crippen LogP contribution < -0.4 is 5.56 Å². The fraction of sp³-hybridized carbons (Fsp3) is 0.250. The van der Waals surface area contributed by atoms with Gasteiger partial charge in [0.05, 0.1) is 18.1 Å². The lowest BCUT2D eigenvalue weighted by atomic mass is 10.2. The molecule has 0 N–H and O–H groups in total. The Hall–Kier alpha value is -3.33. The third kappa shape index (κ3) is 3.95. The Morgan fingerprint density at radius 1 is 1.24 bits per heavy atom. The molecule has 3 aromatic heterocycles. The number of ether oxygens (including phenoxy) is 1. The van der Waals surface area contributed by atoms with Gasteiger partial charge in [-0.15, -0.1) is 11.3 Å². The number of esters is 1. The molecule has 0 radical (unpaired) electrons. The number of thiophene rings is 1. The first-order valence-electron chi connectivity index (χ1n) is 9.01. The van der Waals surface area contributed by atoms with Gasteiger partial charge in [0.25, 0.3) is 11.4 Å². The van der Waals surface area contributed by atoms with Gasteiger partial charge >= 0.3 is 5.97 Å². The number of carbonyl (C=O) groups is 1. The lowest BCUT2D eigenvalue weighted by molar-refractivity contribution is -0.146. The smallest absolute Gasteiger partial charge is 0.308 e. The molecule has 0 saturated carbocycles. The van der Waals surface area contributed by atoms with Crippen molar-refractivity contribution < 1.29 is 14.1 Å². The summed E-state index contributed by atoms with van der Waals surface area (Å²) in [6, 6.07) is 9.36. The van der Waals surface area contributed by atoms with Crippen LogP contribution in [0.15, 0.2) is 46.0 Å². The van der Waals surface area contributed by atoms with Crippen LogP contribution in [-0.4, -0.2) is 25.7 Å². The summed E-state index contributed by atoms with van der Waals surface area (Å²) in [7, 11) is 0. The third-order valence-corrected chi connectivity index (χ3v) is 5.68. The molecule has 0 bridgehead atoms. The zero-order valence-electron chi connectivity index (χ0n) is 15.9. The van der Waals surface area contributed by atoms with Crippen LogP contribution >= 0.6 is 11.3 Å². The average molecular weight is 410 g/mol. The van der Waals surface area contributed by atoms with Crippen molar-refractivity contribution in [2.75, 3.05) is 0 Å². The summed E-state index contributed by atoms with van der Waals surface area (Å²) in [4.78, 5) is 35.0. The minimum absolute atomic E-state index is 0.0366. The van der Waals surface area contributed by atoms with E-state index in [1.807, 2.05) is 44.2 Å². The molecule has 1 aromatic carbocycles. The van der Waals surface area contributed by atoms with E-state index in [0.29, 0.717) is 11.2 Å². The normalized spacial score (nSPS) is 11.1. The fourth-order valence-electron chi connectivity index (χ4n) is 2.87. The molecule has 9 heteroatoms. The topological polar surface area (TPSA) is 100 Å². The van der Waals surface area contributed by atoms with E-state index in [9.17, 15) is 9.59 Å². The lowest BCUT2D eigenvalue weighted by Crippen LogP contribution is -2.22. The minimum atomic E-state index is -0.463. The molecule has 0 amide bonds. The number of fused-ring (bicyclic) bond motifs is 1. The molecule has 0 unspecified atom stereocenters. The van der Waals surface area contributed by atoms with Gasteiger partial charge in [-0.25, -0.2) is 4.98 Å². The molecule has 3 heterocycles. The number of carbonyl (C=O) groups excluding carboxylic acids is 1. The molecule has 148 valence electrons. The highest BCUT2D eigenvalue weighted by Crippen LogP contribution is 2.25. The molecular formula is C20H18N4O4S. The largest absolute Gasteiger partial charge is 0.456 e. The maximum atomic E-state index is 12.6. The van der Waals surface area contributed by atoms with Crippen LogP contribution in [0.3, 0.4) is 0 Å². The number of hydrogen-bond acceptors (Lipinski definition) is 8. The van der Waals surface area contributed by atoms with Crippen LogP contribution in [0.2, 0.25) is 0 Å². The Morgan fingerprint density at radius 3 is 2.83 bits per heavy atom. The van der Waals surface area contributed by atoms with Crippen LogP contribution in [0.1, 0.15) is 22.8 Å². The second-order valence-electron chi connectivity index (χ2n) is 6.49. The van der Waals surface area contributed by atoms with Gasteiger partial charge in [0, 0.05) is 17.0 Å². The van der Waals surface area contributed by atoms with Crippen LogP contribution in [0.4, 0.5) is 0 Å². The van der Waals surface area contributed by atoms with E-state index in [-0.39, 0.29) is 31.0 Å². The second-order valence-corrected chi connectivity index (χ2v) is 7.70. The maximum Gasteiger partial charge on any atom is 0.308 e. The number of benzene rings is 1. The van der Waals surface area contributed by atoms with Gasteiger partial charge in [-0.2, -0.15) is 4.98 Å². The number of rotatable bonds is 6. The minimum Gasteiger partial charge on any atom is -0.456 e. The van der Waals surface area contributed by atoms with Crippen LogP contribution in [-0.2, 0) is 22.7 Å². The van der Waals surface area contributed by atoms with E-state index in [2.05, 4.69) is 15.1 Å². The van der Waals surface area contributed by atoms with Gasteiger partial charge in [-0.05, 0) is 19.4 Å². The van der Waals surface area contributed by atoms with E-state index in [1.165, 1.54) is 22.2 Å². The van der Waals surface area contributed by atoms with E-state index >= 15 is 0 Å². The predicted octanol–water partition coefficient (Wildman–Crippen LogP) is 3.26. The monoisotopic (exact) mass is 410 g/mol. The quantitative estimate of drug-likeness (QED) is 0.450. The van der Waals surface area contributed by atoms with Gasteiger partial charge in [-0.3, -0.25) is 14.2 Å². The van der Waals surface area contributed by atoms with Crippen LogP contribution in [0, 0.1) is 13.8 Å². The van der Waals surface area contributed by atoms with Gasteiger partial charge in [0.15, 0.2) is 6.61 Å². The molecule has 0 aliphatic heterocycles. The summed E-state index contributed by atoms with van der Waals surface area (Å²) < 4.78 is 11.7. The highest BCUT2D eigenvalue weighted by molar-refractivity contribution is 7.18. The molecule has 0 saturated heterocycles. The zero-order valence-corrected chi connectivity index (χ0v) is 16.7. The van der Waals surface area contributed by atoms with Crippen molar-refractivity contribution in [3.8, 4) is 11.4 Å². The van der Waals surface area contributed by atoms with E-state index in [0.717, 1.165) is 20.8 Å². The van der Waals surface area contributed by atoms with Crippen molar-refractivity contribution in [1.82, 2.24) is 19.7 Å². The molecule has 0 atom stereocenters. The fourth-order valence-corrected chi connectivity index (χ4v) is 3.86. The predicted molar refractivity (Wildman–Crippen MR) is 108 cm³/mol. The first-order valence-corrected chi connectivity index (χ1v) is 9.83. The molecular weight excluding hydrogens is 392 g/mol. The summed E-state index contributed by atoms with van der Waals surface area (Å²) in [6.07, 6.45) is 1.51. The highest BCUT2D eigenvalue weighted by atomic mass is 32.1. The molecule has 0 spiro atoms. The Morgan fingerprint density at radius 2 is 2.03 bits per heavy atom. The van der Waals surface area contributed by atoms with Crippen molar-refractivity contribution in [1.29, 1.82) is 0 Å². The number of aromatic nitrogens is 4. The summed E-state index contributed by atoms with van der Waals surface area (Å²) in [6.45, 7) is 3.94. The summed E-state index contributed by atoms with van der Waals surface area (Å²) in [5.74, 6) is 0.181. The maximum absolute atomic E-state index is 12.6. The van der Waals surface area contributed by atoms with Gasteiger partial charge in [0.1, 0.15) is 4.83 Å². The second kappa shape index (κ2) is 7.96. The molecule has 0 aliphatic rings. The molecule has 8 nitrogen and oxygen atoms in total. The van der Waals surface area contributed by atoms with Gasteiger partial charge < -0.3 is 9.26 Å². The summed E-state index contributed by atoms with van der Waals surface area (Å²) >= 11 is 1.49. The molecule has 4 rings (SSSR count). The van der Waals surface area contributed by atoms with Crippen molar-refractivity contribution in [2.45, 2.75) is 33.4 Å². The lowest BCUT2D eigenvalue weighted by Gasteiger charge is -2.05. The van der Waals surface area contributed by atoms with E-state index in [4.69, 9.17) is 9.26 Å². The standard InChI is InChI=1S/C20H18N4O4S/c1-12-13(2)29-19-17(12)20(26)24(11-21-19)9-8-16(25)27-10-15-22-18(23-28-15)14-6-4-3-5-7-14/h3-7,11H,8-10H2,1-2H3. The van der Waals surface area contributed by atoms with Gasteiger partial charge in [0.2, 0.25) is 5.82 Å². The first kappa shape index (κ1) is 19.0. The number of hydrogen-bond donors (Lipinski definition) is 0.